The van der Waals surface area contributed by atoms with Crippen LogP contribution in [0.4, 0.5) is 0 Å². The molecule has 0 bridgehead atoms. The molecule has 2 heterocycles. The van der Waals surface area contributed by atoms with Crippen molar-refractivity contribution in [3.05, 3.63) is 36.2 Å². The molecule has 0 spiro atoms. The third-order valence-electron chi connectivity index (χ3n) is 4.11. The zero-order valence-corrected chi connectivity index (χ0v) is 12.1. The number of phenolic OH excluding ortho intramolecular Hbond substituents is 1. The fourth-order valence-corrected chi connectivity index (χ4v) is 2.58. The van der Waals surface area contributed by atoms with Gasteiger partial charge in [-0.1, -0.05) is 13.5 Å². The molecule has 1 aliphatic rings. The third-order valence-corrected chi connectivity index (χ3v) is 4.11. The zero-order valence-electron chi connectivity index (χ0n) is 12.1. The number of rotatable bonds is 3. The second kappa shape index (κ2) is 4.89. The lowest BCUT2D eigenvalue weighted by molar-refractivity contribution is 0.0583. The van der Waals surface area contributed by atoms with Gasteiger partial charge in [-0.2, -0.15) is 5.10 Å². The lowest BCUT2D eigenvalue weighted by Gasteiger charge is -2.45. The number of fused-ring (bicyclic) bond motifs is 1. The highest BCUT2D eigenvalue weighted by Crippen LogP contribution is 2.29. The molecular formula is C15H18N4O2. The highest BCUT2D eigenvalue weighted by Gasteiger charge is 2.38. The minimum Gasteiger partial charge on any atom is -0.508 e. The van der Waals surface area contributed by atoms with Gasteiger partial charge in [-0.3, -0.25) is 14.8 Å². The normalized spacial score (nSPS) is 18.3. The van der Waals surface area contributed by atoms with Gasteiger partial charge < -0.3 is 10.0 Å². The molecule has 1 fully saturated rings. The Morgan fingerprint density at radius 1 is 1.62 bits per heavy atom. The number of amides is 1. The maximum Gasteiger partial charge on any atom is 0.279 e. The van der Waals surface area contributed by atoms with Crippen LogP contribution in [-0.2, 0) is 0 Å². The predicted molar refractivity (Wildman–Crippen MR) is 80.0 cm³/mol. The number of hydrogen-bond donors (Lipinski definition) is 2. The van der Waals surface area contributed by atoms with Gasteiger partial charge >= 0.3 is 0 Å². The van der Waals surface area contributed by atoms with Gasteiger partial charge in [0.05, 0.1) is 11.6 Å². The summed E-state index contributed by atoms with van der Waals surface area (Å²) in [6.07, 6.45) is 0. The second-order valence-electron chi connectivity index (χ2n) is 5.30. The molecule has 0 saturated carbocycles. The quantitative estimate of drug-likeness (QED) is 0.898. The Hall–Kier alpha value is -2.34. The zero-order chi connectivity index (χ0) is 15.1. The van der Waals surface area contributed by atoms with Crippen molar-refractivity contribution in [2.45, 2.75) is 13.0 Å². The molecule has 1 saturated heterocycles. The van der Waals surface area contributed by atoms with Crippen molar-refractivity contribution in [1.82, 2.24) is 20.0 Å². The number of H-pyrrole nitrogens is 1. The number of nitrogens with one attached hydrogen (secondary N) is 1. The van der Waals surface area contributed by atoms with E-state index in [-0.39, 0.29) is 17.7 Å². The predicted octanol–water partition coefficient (Wildman–Crippen LogP) is 1.56. The van der Waals surface area contributed by atoms with E-state index in [4.69, 9.17) is 0 Å². The van der Waals surface area contributed by atoms with Crippen LogP contribution in [0.15, 0.2) is 30.5 Å². The van der Waals surface area contributed by atoms with E-state index in [0.717, 1.165) is 17.8 Å². The van der Waals surface area contributed by atoms with Crippen LogP contribution in [-0.4, -0.2) is 57.2 Å². The summed E-state index contributed by atoms with van der Waals surface area (Å²) >= 11 is 0. The summed E-state index contributed by atoms with van der Waals surface area (Å²) in [5.74, 6) is -0.0680. The van der Waals surface area contributed by atoms with Crippen LogP contribution in [0.3, 0.4) is 0 Å². The molecule has 0 radical (unpaired) electrons. The van der Waals surface area contributed by atoms with E-state index < -0.39 is 0 Å². The van der Waals surface area contributed by atoms with Gasteiger partial charge in [-0.05, 0) is 31.8 Å². The average molecular weight is 286 g/mol. The van der Waals surface area contributed by atoms with E-state index >= 15 is 0 Å². The maximum atomic E-state index is 12.6. The lowest BCUT2D eigenvalue weighted by Crippen LogP contribution is -2.57. The van der Waals surface area contributed by atoms with Crippen molar-refractivity contribution in [2.75, 3.05) is 20.1 Å². The smallest absolute Gasteiger partial charge is 0.279 e. The molecule has 1 aliphatic heterocycles. The summed E-state index contributed by atoms with van der Waals surface area (Å²) in [4.78, 5) is 16.4. The van der Waals surface area contributed by atoms with E-state index in [9.17, 15) is 9.90 Å². The summed E-state index contributed by atoms with van der Waals surface area (Å²) in [5.41, 5.74) is 1.84. The molecule has 1 aromatic carbocycles. The standard InChI is InChI=1S/C15H18N4O2/c1-4-18(3)13-8-19(9(13)2)15(21)14-11-7-10(20)5-6-12(11)16-17-14/h5-7,13,20H,2,4,8H2,1,3H3,(H,16,17)/t13-/m1/s1. The Morgan fingerprint density at radius 3 is 3.05 bits per heavy atom. The number of benzene rings is 1. The van der Waals surface area contributed by atoms with Crippen molar-refractivity contribution >= 4 is 16.8 Å². The summed E-state index contributed by atoms with van der Waals surface area (Å²) < 4.78 is 0. The molecule has 3 rings (SSSR count). The van der Waals surface area contributed by atoms with Crippen molar-refractivity contribution in [2.24, 2.45) is 0 Å². The van der Waals surface area contributed by atoms with Crippen LogP contribution < -0.4 is 0 Å². The molecule has 0 unspecified atom stereocenters. The van der Waals surface area contributed by atoms with Crippen LogP contribution in [0.5, 0.6) is 5.75 Å². The largest absolute Gasteiger partial charge is 0.508 e. The van der Waals surface area contributed by atoms with Gasteiger partial charge in [0.2, 0.25) is 0 Å². The molecule has 110 valence electrons. The third kappa shape index (κ3) is 2.08. The van der Waals surface area contributed by atoms with Crippen molar-refractivity contribution in [3.8, 4) is 5.75 Å². The number of hydrogen-bond acceptors (Lipinski definition) is 4. The van der Waals surface area contributed by atoms with Crippen LogP contribution in [0.2, 0.25) is 0 Å². The van der Waals surface area contributed by atoms with Gasteiger partial charge in [-0.15, -0.1) is 0 Å². The Kier molecular flexibility index (Phi) is 3.17. The number of aromatic nitrogens is 2. The van der Waals surface area contributed by atoms with E-state index in [0.29, 0.717) is 17.6 Å². The molecule has 6 heteroatoms. The first kappa shape index (κ1) is 13.6. The molecule has 0 aliphatic carbocycles. The number of carbonyl (C=O) groups excluding carboxylic acids is 1. The highest BCUT2D eigenvalue weighted by molar-refractivity contribution is 6.06. The number of likely N-dealkylation sites (tertiary alicyclic amines) is 1. The lowest BCUT2D eigenvalue weighted by atomic mass is 10.0. The number of phenols is 1. The second-order valence-corrected chi connectivity index (χ2v) is 5.30. The SMILES string of the molecule is C=C1[C@H](N(C)CC)CN1C(=O)c1n[nH]c2ccc(O)cc12. The topological polar surface area (TPSA) is 72.5 Å². The fourth-order valence-electron chi connectivity index (χ4n) is 2.58. The Labute approximate surface area is 122 Å². The molecule has 2 aromatic rings. The Morgan fingerprint density at radius 2 is 2.38 bits per heavy atom. The van der Waals surface area contributed by atoms with E-state index in [2.05, 4.69) is 28.6 Å². The Bertz CT molecular complexity index is 722. The minimum absolute atomic E-state index is 0.115. The van der Waals surface area contributed by atoms with Crippen LogP contribution in [0.25, 0.3) is 10.9 Å². The van der Waals surface area contributed by atoms with Crippen molar-refractivity contribution in [1.29, 1.82) is 0 Å². The van der Waals surface area contributed by atoms with Gasteiger partial charge in [0.25, 0.3) is 5.91 Å². The van der Waals surface area contributed by atoms with Crippen molar-refractivity contribution in [3.63, 3.8) is 0 Å². The number of likely N-dealkylation sites (N-methyl/N-ethyl adjacent to an activating group) is 1. The highest BCUT2D eigenvalue weighted by atomic mass is 16.3. The summed E-state index contributed by atoms with van der Waals surface area (Å²) in [7, 11) is 2.01. The van der Waals surface area contributed by atoms with Gasteiger partial charge in [0.15, 0.2) is 5.69 Å². The first-order valence-electron chi connectivity index (χ1n) is 6.91. The van der Waals surface area contributed by atoms with Gasteiger partial charge in [-0.25, -0.2) is 0 Å². The summed E-state index contributed by atoms with van der Waals surface area (Å²) in [5, 5.41) is 17.1. The fraction of sp³-hybridized carbons (Fsp3) is 0.333. The monoisotopic (exact) mass is 286 g/mol. The molecule has 2 N–H and O–H groups in total. The molecule has 21 heavy (non-hydrogen) atoms. The van der Waals surface area contributed by atoms with Gasteiger partial charge in [0.1, 0.15) is 5.75 Å². The number of nitrogens with zero attached hydrogens (tertiary/aromatic N) is 3. The van der Waals surface area contributed by atoms with E-state index in [1.165, 1.54) is 0 Å². The number of aromatic hydroxyl groups is 1. The summed E-state index contributed by atoms with van der Waals surface area (Å²) in [6.45, 7) is 7.60. The molecule has 6 nitrogen and oxygen atoms in total. The average Bonchev–Trinajstić information content (AvgIpc) is 2.88. The van der Waals surface area contributed by atoms with Crippen molar-refractivity contribution < 1.29 is 9.90 Å². The van der Waals surface area contributed by atoms with E-state index in [1.807, 2.05) is 7.05 Å². The molecule has 1 atom stereocenters. The first-order valence-corrected chi connectivity index (χ1v) is 6.91. The molecular weight excluding hydrogens is 268 g/mol. The Balaban J connectivity index is 1.86. The number of carbonyl (C=O) groups is 1. The summed E-state index contributed by atoms with van der Waals surface area (Å²) in [6, 6.07) is 5.01. The van der Waals surface area contributed by atoms with E-state index in [1.54, 1.807) is 23.1 Å². The van der Waals surface area contributed by atoms with Gasteiger partial charge in [0, 0.05) is 17.6 Å². The van der Waals surface area contributed by atoms with Crippen LogP contribution in [0, 0.1) is 0 Å². The number of aromatic amines is 1. The van der Waals surface area contributed by atoms with Crippen LogP contribution >= 0.6 is 0 Å². The molecule has 1 amide bonds. The maximum absolute atomic E-state index is 12.6. The van der Waals surface area contributed by atoms with Crippen LogP contribution in [0.1, 0.15) is 17.4 Å². The molecule has 1 aromatic heterocycles. The minimum atomic E-state index is -0.183. The first-order chi connectivity index (χ1) is 10.0.